The van der Waals surface area contributed by atoms with Gasteiger partial charge < -0.3 is 10.2 Å². The number of carbonyl (C=O) groups excluding carboxylic acids is 1. The fourth-order valence-electron chi connectivity index (χ4n) is 1.75. The first-order valence-electron chi connectivity index (χ1n) is 6.67. The lowest BCUT2D eigenvalue weighted by molar-refractivity contribution is -0.120. The van der Waals surface area contributed by atoms with Crippen LogP contribution in [0.25, 0.3) is 0 Å². The molecule has 1 aromatic rings. The Hall–Kier alpha value is -1.00. The molecule has 0 aliphatic carbocycles. The van der Waals surface area contributed by atoms with Crippen molar-refractivity contribution in [2.24, 2.45) is 0 Å². The van der Waals surface area contributed by atoms with Gasteiger partial charge >= 0.3 is 0 Å². The van der Waals surface area contributed by atoms with Crippen molar-refractivity contribution in [2.45, 2.75) is 26.4 Å². The minimum atomic E-state index is 0.130. The molecule has 0 radical (unpaired) electrons. The summed E-state index contributed by atoms with van der Waals surface area (Å²) >= 11 is 1.70. The normalized spacial score (nSPS) is 10.7. The van der Waals surface area contributed by atoms with Crippen LogP contribution in [0.1, 0.15) is 24.5 Å². The van der Waals surface area contributed by atoms with Gasteiger partial charge in [-0.15, -0.1) is 0 Å². The van der Waals surface area contributed by atoms with Gasteiger partial charge in [-0.3, -0.25) is 4.79 Å². The van der Waals surface area contributed by atoms with Crippen LogP contribution in [0.4, 0.5) is 0 Å². The standard InChI is InChI=1S/C15H24N2OS/c1-4-17(2)12-14-7-5-6-13(10-14)11-16-15(18)8-9-19-3/h5-7,10H,4,8-9,11-12H2,1-3H3,(H,16,18). The van der Waals surface area contributed by atoms with Crippen molar-refractivity contribution in [1.82, 2.24) is 10.2 Å². The SMILES string of the molecule is CCN(C)Cc1cccc(CNC(=O)CCSC)c1. The van der Waals surface area contributed by atoms with E-state index in [1.54, 1.807) is 11.8 Å². The highest BCUT2D eigenvalue weighted by Crippen LogP contribution is 2.07. The molecule has 1 rings (SSSR count). The molecule has 1 amide bonds. The van der Waals surface area contributed by atoms with Gasteiger partial charge in [0.05, 0.1) is 0 Å². The molecule has 1 N–H and O–H groups in total. The first-order chi connectivity index (χ1) is 9.15. The van der Waals surface area contributed by atoms with E-state index in [1.165, 1.54) is 11.1 Å². The Morgan fingerprint density at radius 1 is 1.37 bits per heavy atom. The van der Waals surface area contributed by atoms with Gasteiger partial charge in [0.15, 0.2) is 0 Å². The Morgan fingerprint density at radius 2 is 2.11 bits per heavy atom. The van der Waals surface area contributed by atoms with E-state index in [1.807, 2.05) is 6.26 Å². The number of rotatable bonds is 8. The molecule has 0 heterocycles. The van der Waals surface area contributed by atoms with Gasteiger partial charge in [-0.05, 0) is 31.0 Å². The molecule has 3 nitrogen and oxygen atoms in total. The highest BCUT2D eigenvalue weighted by molar-refractivity contribution is 7.98. The van der Waals surface area contributed by atoms with Crippen LogP contribution in [-0.4, -0.2) is 36.4 Å². The van der Waals surface area contributed by atoms with E-state index >= 15 is 0 Å². The zero-order chi connectivity index (χ0) is 14.1. The molecule has 0 bridgehead atoms. The molecule has 106 valence electrons. The van der Waals surface area contributed by atoms with Gasteiger partial charge in [-0.2, -0.15) is 11.8 Å². The van der Waals surface area contributed by atoms with E-state index in [-0.39, 0.29) is 5.91 Å². The molecule has 0 saturated heterocycles. The Kier molecular flexibility index (Phi) is 7.60. The Labute approximate surface area is 120 Å². The number of benzene rings is 1. The average molecular weight is 280 g/mol. The van der Waals surface area contributed by atoms with E-state index in [2.05, 4.69) is 48.5 Å². The molecule has 0 atom stereocenters. The molecule has 0 spiro atoms. The molecule has 19 heavy (non-hydrogen) atoms. The second-order valence-electron chi connectivity index (χ2n) is 4.67. The number of hydrogen-bond acceptors (Lipinski definition) is 3. The summed E-state index contributed by atoms with van der Waals surface area (Å²) in [6, 6.07) is 8.42. The summed E-state index contributed by atoms with van der Waals surface area (Å²) in [6.45, 7) is 4.76. The van der Waals surface area contributed by atoms with Gasteiger partial charge in [0, 0.05) is 25.3 Å². The summed E-state index contributed by atoms with van der Waals surface area (Å²) < 4.78 is 0. The van der Waals surface area contributed by atoms with Crippen LogP contribution in [0.15, 0.2) is 24.3 Å². The number of hydrogen-bond donors (Lipinski definition) is 1. The van der Waals surface area contributed by atoms with E-state index in [0.29, 0.717) is 13.0 Å². The molecular weight excluding hydrogens is 256 g/mol. The molecule has 0 fully saturated rings. The van der Waals surface area contributed by atoms with E-state index in [0.717, 1.165) is 18.8 Å². The van der Waals surface area contributed by atoms with Gasteiger partial charge in [0.1, 0.15) is 0 Å². The van der Waals surface area contributed by atoms with Gasteiger partial charge in [0.25, 0.3) is 0 Å². The summed E-state index contributed by atoms with van der Waals surface area (Å²) in [5.74, 6) is 1.01. The van der Waals surface area contributed by atoms with Crippen LogP contribution in [0.5, 0.6) is 0 Å². The second-order valence-corrected chi connectivity index (χ2v) is 5.66. The monoisotopic (exact) mass is 280 g/mol. The predicted octanol–water partition coefficient (Wildman–Crippen LogP) is 2.51. The zero-order valence-corrected chi connectivity index (χ0v) is 12.9. The predicted molar refractivity (Wildman–Crippen MR) is 83.3 cm³/mol. The van der Waals surface area contributed by atoms with Crippen molar-refractivity contribution in [3.05, 3.63) is 35.4 Å². The smallest absolute Gasteiger partial charge is 0.221 e. The number of thioether (sulfide) groups is 1. The van der Waals surface area contributed by atoms with E-state index in [4.69, 9.17) is 0 Å². The number of amides is 1. The number of nitrogens with zero attached hydrogens (tertiary/aromatic N) is 1. The summed E-state index contributed by atoms with van der Waals surface area (Å²) in [6.07, 6.45) is 2.61. The lowest BCUT2D eigenvalue weighted by Gasteiger charge is -2.14. The van der Waals surface area contributed by atoms with Crippen molar-refractivity contribution >= 4 is 17.7 Å². The lowest BCUT2D eigenvalue weighted by Crippen LogP contribution is -2.23. The highest BCUT2D eigenvalue weighted by atomic mass is 32.2. The Bertz CT molecular complexity index is 395. The summed E-state index contributed by atoms with van der Waals surface area (Å²) in [7, 11) is 2.11. The van der Waals surface area contributed by atoms with E-state index < -0.39 is 0 Å². The molecule has 1 aromatic carbocycles. The van der Waals surface area contributed by atoms with Gasteiger partial charge in [-0.1, -0.05) is 31.2 Å². The Morgan fingerprint density at radius 3 is 2.79 bits per heavy atom. The third-order valence-corrected chi connectivity index (χ3v) is 3.62. The first-order valence-corrected chi connectivity index (χ1v) is 8.07. The summed E-state index contributed by atoms with van der Waals surface area (Å²) in [5.41, 5.74) is 2.46. The topological polar surface area (TPSA) is 32.3 Å². The van der Waals surface area contributed by atoms with Crippen LogP contribution < -0.4 is 5.32 Å². The maximum Gasteiger partial charge on any atom is 0.221 e. The van der Waals surface area contributed by atoms with Crippen LogP contribution in [0.3, 0.4) is 0 Å². The van der Waals surface area contributed by atoms with Crippen LogP contribution in [0.2, 0.25) is 0 Å². The lowest BCUT2D eigenvalue weighted by atomic mass is 10.1. The van der Waals surface area contributed by atoms with Crippen LogP contribution in [-0.2, 0) is 17.9 Å². The van der Waals surface area contributed by atoms with Crippen molar-refractivity contribution < 1.29 is 4.79 Å². The van der Waals surface area contributed by atoms with Crippen molar-refractivity contribution in [3.8, 4) is 0 Å². The van der Waals surface area contributed by atoms with Gasteiger partial charge in [0.2, 0.25) is 5.91 Å². The number of nitrogens with one attached hydrogen (secondary N) is 1. The van der Waals surface area contributed by atoms with Gasteiger partial charge in [-0.25, -0.2) is 0 Å². The van der Waals surface area contributed by atoms with Crippen LogP contribution in [0, 0.1) is 0 Å². The largest absolute Gasteiger partial charge is 0.352 e. The molecule has 0 saturated carbocycles. The van der Waals surface area contributed by atoms with Crippen molar-refractivity contribution in [3.63, 3.8) is 0 Å². The van der Waals surface area contributed by atoms with Crippen molar-refractivity contribution in [2.75, 3.05) is 25.6 Å². The number of carbonyl (C=O) groups is 1. The minimum absolute atomic E-state index is 0.130. The third-order valence-electron chi connectivity index (χ3n) is 3.01. The molecule has 0 aliphatic rings. The molecule has 0 aromatic heterocycles. The fourth-order valence-corrected chi connectivity index (χ4v) is 2.13. The molecular formula is C15H24N2OS. The second kappa shape index (κ2) is 8.99. The molecule has 4 heteroatoms. The summed E-state index contributed by atoms with van der Waals surface area (Å²) in [5, 5.41) is 2.96. The summed E-state index contributed by atoms with van der Waals surface area (Å²) in [4.78, 5) is 13.8. The molecule has 0 unspecified atom stereocenters. The zero-order valence-electron chi connectivity index (χ0n) is 12.1. The van der Waals surface area contributed by atoms with E-state index in [9.17, 15) is 4.79 Å². The third kappa shape index (κ3) is 6.64. The average Bonchev–Trinajstić information content (AvgIpc) is 2.43. The van der Waals surface area contributed by atoms with Crippen LogP contribution >= 0.6 is 11.8 Å². The maximum absolute atomic E-state index is 11.6. The highest BCUT2D eigenvalue weighted by Gasteiger charge is 2.02. The minimum Gasteiger partial charge on any atom is -0.352 e. The van der Waals surface area contributed by atoms with Crippen molar-refractivity contribution in [1.29, 1.82) is 0 Å². The first kappa shape index (κ1) is 16.1. The fraction of sp³-hybridized carbons (Fsp3) is 0.533. The molecule has 0 aliphatic heterocycles. The Balaban J connectivity index is 2.45. The quantitative estimate of drug-likeness (QED) is 0.794. The maximum atomic E-state index is 11.6.